The molecule has 1 saturated heterocycles. The summed E-state index contributed by atoms with van der Waals surface area (Å²) in [5, 5.41) is 8.55. The highest BCUT2D eigenvalue weighted by Crippen LogP contribution is 2.52. The molecule has 3 heterocycles. The Bertz CT molecular complexity index is 987. The van der Waals surface area contributed by atoms with Gasteiger partial charge in [0.1, 0.15) is 5.75 Å². The van der Waals surface area contributed by atoms with Gasteiger partial charge in [-0.2, -0.15) is 5.10 Å². The van der Waals surface area contributed by atoms with Crippen LogP contribution in [-0.2, 0) is 0 Å². The summed E-state index contributed by atoms with van der Waals surface area (Å²) in [6.07, 6.45) is 3.78. The monoisotopic (exact) mass is 507 g/mol. The van der Waals surface area contributed by atoms with E-state index in [1.807, 2.05) is 6.07 Å². The number of piperidine rings is 1. The molecule has 1 atom stereocenters. The largest absolute Gasteiger partial charge is 0.464 e. The van der Waals surface area contributed by atoms with Gasteiger partial charge in [0.2, 0.25) is 5.72 Å². The Balaban J connectivity index is 1.55. The molecule has 1 fully saturated rings. The quantitative estimate of drug-likeness (QED) is 0.473. The van der Waals surface area contributed by atoms with Crippen molar-refractivity contribution in [2.24, 2.45) is 5.10 Å². The summed E-state index contributed by atoms with van der Waals surface area (Å²) in [6, 6.07) is 12.2. The van der Waals surface area contributed by atoms with E-state index < -0.39 is 5.72 Å². The molecule has 1 spiro atoms. The van der Waals surface area contributed by atoms with Crippen LogP contribution in [0.3, 0.4) is 0 Å². The van der Waals surface area contributed by atoms with Gasteiger partial charge in [-0.1, -0.05) is 58.2 Å². The maximum absolute atomic E-state index is 6.68. The Hall–Kier alpha value is -1.27. The fourth-order valence-electron chi connectivity index (χ4n) is 4.89. The number of hydrogen-bond donors (Lipinski definition) is 0. The molecular formula is C23H24BrCl2N3O. The molecule has 0 saturated carbocycles. The maximum atomic E-state index is 6.68. The lowest BCUT2D eigenvalue weighted by Crippen LogP contribution is -2.59. The second kappa shape index (κ2) is 8.01. The molecule has 5 rings (SSSR count). The summed E-state index contributed by atoms with van der Waals surface area (Å²) in [5.41, 5.74) is 2.79. The summed E-state index contributed by atoms with van der Waals surface area (Å²) in [5.74, 6) is 0.776. The molecule has 2 aromatic carbocycles. The van der Waals surface area contributed by atoms with Gasteiger partial charge in [-0.3, -0.25) is 0 Å². The highest BCUT2D eigenvalue weighted by Gasteiger charge is 2.52. The molecule has 2 aromatic rings. The lowest BCUT2D eigenvalue weighted by atomic mass is 9.90. The third kappa shape index (κ3) is 3.54. The van der Waals surface area contributed by atoms with Crippen molar-refractivity contribution >= 4 is 44.8 Å². The molecule has 0 bridgehead atoms. The normalized spacial score (nSPS) is 22.5. The molecule has 3 aliphatic rings. The molecule has 0 amide bonds. The van der Waals surface area contributed by atoms with Crippen molar-refractivity contribution in [3.8, 4) is 5.75 Å². The Morgan fingerprint density at radius 3 is 2.60 bits per heavy atom. The van der Waals surface area contributed by atoms with Gasteiger partial charge >= 0.3 is 0 Å². The zero-order valence-corrected chi connectivity index (χ0v) is 20.0. The second-order valence-corrected chi connectivity index (χ2v) is 10.1. The van der Waals surface area contributed by atoms with Gasteiger partial charge < -0.3 is 9.64 Å². The molecule has 0 radical (unpaired) electrons. The Labute approximate surface area is 195 Å². The van der Waals surface area contributed by atoms with Crippen LogP contribution in [0.25, 0.3) is 0 Å². The van der Waals surface area contributed by atoms with Gasteiger partial charge in [0.15, 0.2) is 0 Å². The van der Waals surface area contributed by atoms with Crippen molar-refractivity contribution in [3.63, 3.8) is 0 Å². The minimum absolute atomic E-state index is 0.0846. The minimum Gasteiger partial charge on any atom is -0.464 e. The van der Waals surface area contributed by atoms with Crippen molar-refractivity contribution in [2.45, 2.75) is 44.4 Å². The molecule has 158 valence electrons. The van der Waals surface area contributed by atoms with Gasteiger partial charge in [-0.15, -0.1) is 0 Å². The number of benzene rings is 2. The zero-order valence-electron chi connectivity index (χ0n) is 16.9. The summed E-state index contributed by atoms with van der Waals surface area (Å²) >= 11 is 16.5. The zero-order chi connectivity index (χ0) is 20.9. The van der Waals surface area contributed by atoms with Crippen molar-refractivity contribution in [3.05, 3.63) is 62.0 Å². The first-order valence-electron chi connectivity index (χ1n) is 10.5. The van der Waals surface area contributed by atoms with Crippen LogP contribution in [0.4, 0.5) is 0 Å². The number of ether oxygens (including phenoxy) is 1. The van der Waals surface area contributed by atoms with Gasteiger partial charge in [0.05, 0.1) is 16.8 Å². The minimum atomic E-state index is -0.462. The average molecular weight is 509 g/mol. The van der Waals surface area contributed by atoms with Crippen LogP contribution in [0, 0.1) is 0 Å². The highest BCUT2D eigenvalue weighted by molar-refractivity contribution is 9.10. The van der Waals surface area contributed by atoms with E-state index in [1.165, 1.54) is 6.42 Å². The van der Waals surface area contributed by atoms with Crippen LogP contribution in [0.15, 0.2) is 46.0 Å². The average Bonchev–Trinajstić information content (AvgIpc) is 3.18. The molecule has 30 heavy (non-hydrogen) atoms. The number of halogens is 3. The molecular weight excluding hydrogens is 485 g/mol. The summed E-state index contributed by atoms with van der Waals surface area (Å²) in [6.45, 7) is 5.36. The maximum Gasteiger partial charge on any atom is 0.200 e. The van der Waals surface area contributed by atoms with Gasteiger partial charge in [0, 0.05) is 47.4 Å². The van der Waals surface area contributed by atoms with E-state index >= 15 is 0 Å². The Kier molecular flexibility index (Phi) is 5.51. The number of fused-ring (bicyclic) bond motifs is 4. The number of rotatable bonds is 3. The predicted octanol–water partition coefficient (Wildman–Crippen LogP) is 6.50. The molecule has 7 heteroatoms. The van der Waals surface area contributed by atoms with Crippen molar-refractivity contribution in [1.29, 1.82) is 0 Å². The number of hydrogen-bond acceptors (Lipinski definition) is 4. The van der Waals surface area contributed by atoms with Crippen LogP contribution in [0.5, 0.6) is 5.75 Å². The number of likely N-dealkylation sites (tertiary alicyclic amines) is 1. The highest BCUT2D eigenvalue weighted by atomic mass is 79.9. The Morgan fingerprint density at radius 1 is 1.17 bits per heavy atom. The molecule has 0 unspecified atom stereocenters. The fourth-order valence-corrected chi connectivity index (χ4v) is 5.70. The first kappa shape index (κ1) is 20.6. The fraction of sp³-hybridized carbons (Fsp3) is 0.435. The number of nitrogens with zero attached hydrogens (tertiary/aromatic N) is 3. The van der Waals surface area contributed by atoms with E-state index in [2.05, 4.69) is 57.0 Å². The summed E-state index contributed by atoms with van der Waals surface area (Å²) in [4.78, 5) is 2.51. The van der Waals surface area contributed by atoms with E-state index in [-0.39, 0.29) is 6.04 Å². The van der Waals surface area contributed by atoms with E-state index in [0.29, 0.717) is 10.0 Å². The van der Waals surface area contributed by atoms with Crippen LogP contribution in [0.2, 0.25) is 10.0 Å². The van der Waals surface area contributed by atoms with E-state index in [4.69, 9.17) is 33.0 Å². The smallest absolute Gasteiger partial charge is 0.200 e. The topological polar surface area (TPSA) is 28.1 Å². The van der Waals surface area contributed by atoms with E-state index in [1.54, 1.807) is 6.07 Å². The summed E-state index contributed by atoms with van der Waals surface area (Å²) < 4.78 is 7.75. The first-order chi connectivity index (χ1) is 14.5. The second-order valence-electron chi connectivity index (χ2n) is 8.31. The predicted molar refractivity (Wildman–Crippen MR) is 126 cm³/mol. The first-order valence-corrected chi connectivity index (χ1v) is 12.1. The standard InChI is InChI=1S/C23H24BrCl2N3O/c1-2-9-28-10-7-23(8-11-28)29-21(18-12-17(25)13-19(26)22(18)30-23)14-20(27-29)15-3-5-16(24)6-4-15/h3-6,12-13,21H,2,7-11,14H2,1H3/t21-/m1/s1. The van der Waals surface area contributed by atoms with Crippen molar-refractivity contribution in [2.75, 3.05) is 19.6 Å². The molecule has 3 aliphatic heterocycles. The summed E-state index contributed by atoms with van der Waals surface area (Å²) in [7, 11) is 0. The number of hydrazone groups is 1. The molecule has 0 aromatic heterocycles. The van der Waals surface area contributed by atoms with Crippen LogP contribution in [-0.4, -0.2) is 41.0 Å². The molecule has 0 N–H and O–H groups in total. The lowest BCUT2D eigenvalue weighted by molar-refractivity contribution is -0.149. The van der Waals surface area contributed by atoms with Crippen molar-refractivity contribution < 1.29 is 4.74 Å². The molecule has 0 aliphatic carbocycles. The molecule has 4 nitrogen and oxygen atoms in total. The van der Waals surface area contributed by atoms with Crippen LogP contribution in [0.1, 0.15) is 49.8 Å². The third-order valence-electron chi connectivity index (χ3n) is 6.37. The van der Waals surface area contributed by atoms with Gasteiger partial charge in [-0.05, 0) is 42.8 Å². The third-order valence-corrected chi connectivity index (χ3v) is 7.40. The van der Waals surface area contributed by atoms with Crippen LogP contribution >= 0.6 is 39.1 Å². The van der Waals surface area contributed by atoms with Crippen LogP contribution < -0.4 is 4.74 Å². The van der Waals surface area contributed by atoms with E-state index in [9.17, 15) is 0 Å². The van der Waals surface area contributed by atoms with Gasteiger partial charge in [0.25, 0.3) is 0 Å². The van der Waals surface area contributed by atoms with E-state index in [0.717, 1.165) is 66.0 Å². The Morgan fingerprint density at radius 2 is 1.90 bits per heavy atom. The lowest BCUT2D eigenvalue weighted by Gasteiger charge is -2.51. The SMILES string of the molecule is CCCN1CCC2(CC1)Oc1c(Cl)cc(Cl)cc1[C@H]1CC(c3ccc(Br)cc3)=NN12. The van der Waals surface area contributed by atoms with Crippen molar-refractivity contribution in [1.82, 2.24) is 9.91 Å². The van der Waals surface area contributed by atoms with Gasteiger partial charge in [-0.25, -0.2) is 5.01 Å².